The number of aromatic amines is 1. The fraction of sp³-hybridized carbons (Fsp3) is 0.324. The average Bonchev–Trinajstić information content (AvgIpc) is 3.40. The highest BCUT2D eigenvalue weighted by molar-refractivity contribution is 6.00. The summed E-state index contributed by atoms with van der Waals surface area (Å²) in [5.41, 5.74) is -0.705. The average molecular weight is 676 g/mol. The number of amides is 1. The van der Waals surface area contributed by atoms with E-state index in [1.165, 1.54) is 47.5 Å². The number of fused-ring (bicyclic) bond motifs is 1. The van der Waals surface area contributed by atoms with E-state index in [1.807, 2.05) is 0 Å². The lowest BCUT2D eigenvalue weighted by atomic mass is 9.87. The number of alkyl halides is 6. The number of likely N-dealkylation sites (tertiary alicyclic amines) is 1. The number of hydrogen-bond donors (Lipinski definition) is 1. The van der Waals surface area contributed by atoms with E-state index in [9.17, 15) is 35.5 Å². The number of piperidine rings is 1. The summed E-state index contributed by atoms with van der Waals surface area (Å²) >= 11 is 0. The number of H-pyrrole nitrogens is 1. The van der Waals surface area contributed by atoms with Gasteiger partial charge in [0, 0.05) is 51.1 Å². The van der Waals surface area contributed by atoms with Gasteiger partial charge in [-0.05, 0) is 72.0 Å². The number of ether oxygens (including phenoxy) is 1. The molecule has 0 spiro atoms. The predicted octanol–water partition coefficient (Wildman–Crippen LogP) is 7.51. The van der Waals surface area contributed by atoms with Crippen molar-refractivity contribution in [3.05, 3.63) is 101 Å². The van der Waals surface area contributed by atoms with E-state index in [-0.39, 0.29) is 51.1 Å². The van der Waals surface area contributed by atoms with Crippen LogP contribution in [0.5, 0.6) is 5.88 Å². The van der Waals surface area contributed by atoms with Crippen LogP contribution >= 0.6 is 0 Å². The van der Waals surface area contributed by atoms with Gasteiger partial charge in [-0.1, -0.05) is 24.3 Å². The molecule has 0 radical (unpaired) electrons. The molecule has 0 bridgehead atoms. The molecule has 1 atom stereocenters. The molecule has 3 heterocycles. The van der Waals surface area contributed by atoms with Crippen molar-refractivity contribution in [2.75, 3.05) is 33.7 Å². The quantitative estimate of drug-likeness (QED) is 0.113. The fourth-order valence-corrected chi connectivity index (χ4v) is 5.54. The van der Waals surface area contributed by atoms with Gasteiger partial charge in [0.1, 0.15) is 6.10 Å². The third-order valence-corrected chi connectivity index (χ3v) is 7.88. The number of likely N-dealkylation sites (N-methyl/N-ethyl adjacent to an activating group) is 1. The summed E-state index contributed by atoms with van der Waals surface area (Å²) in [6.07, 6.45) is -4.94. The smallest absolute Gasteiger partial charge is 0.416 e. The lowest BCUT2D eigenvalue weighted by Crippen LogP contribution is -2.41. The minimum atomic E-state index is -4.74. The number of carbonyl (C=O) groups excluding carboxylic acids is 1. The van der Waals surface area contributed by atoms with Crippen LogP contribution in [-0.2, 0) is 11.0 Å². The second-order valence-corrected chi connectivity index (χ2v) is 11.7. The SMILES string of the molecule is CN(C)C(=O)/C=C/CN1CCC[C@@H](Oc2ccc(/C(=C(/CC(F)(F)F)c3ccc(C(F)(F)F)cc3)c3ccc4[nH]nc(F)c4c3)cn2)C1. The number of halogens is 7. The topological polar surface area (TPSA) is 74.3 Å². The molecule has 0 aliphatic carbocycles. The number of benzene rings is 2. The standard InChI is InChI=1S/C34H32F7N5O2/c1-45(2)30(47)6-4-16-46-15-3-5-25(20-46)48-29-14-10-23(19-42-29)31(22-9-13-28-26(17-22)32(35)44-43-28)27(18-33(36,37)38)21-7-11-24(12-8-21)34(39,40)41/h4,6-14,17,19,25H,3,5,15-16,18,20H2,1-2H3,(H,43,44)/b6-4+,31-27-/t25-/m1/s1. The second kappa shape index (κ2) is 14.2. The minimum Gasteiger partial charge on any atom is -0.473 e. The Morgan fingerprint density at radius 2 is 1.73 bits per heavy atom. The van der Waals surface area contributed by atoms with E-state index in [0.717, 1.165) is 43.7 Å². The fourth-order valence-electron chi connectivity index (χ4n) is 5.54. The van der Waals surface area contributed by atoms with Gasteiger partial charge >= 0.3 is 12.4 Å². The molecule has 1 aliphatic heterocycles. The van der Waals surface area contributed by atoms with Crippen molar-refractivity contribution < 1.29 is 40.3 Å². The molecular weight excluding hydrogens is 643 g/mol. The van der Waals surface area contributed by atoms with E-state index >= 15 is 0 Å². The first-order valence-corrected chi connectivity index (χ1v) is 15.0. The number of hydrogen-bond acceptors (Lipinski definition) is 5. The highest BCUT2D eigenvalue weighted by atomic mass is 19.4. The lowest BCUT2D eigenvalue weighted by Gasteiger charge is -2.31. The molecule has 2 aromatic heterocycles. The molecule has 1 fully saturated rings. The van der Waals surface area contributed by atoms with Crippen LogP contribution in [0, 0.1) is 5.95 Å². The monoisotopic (exact) mass is 675 g/mol. The van der Waals surface area contributed by atoms with Crippen molar-refractivity contribution >= 4 is 28.0 Å². The van der Waals surface area contributed by atoms with Gasteiger partial charge in [0.15, 0.2) is 0 Å². The molecule has 5 rings (SSSR count). The Morgan fingerprint density at radius 1 is 1.02 bits per heavy atom. The summed E-state index contributed by atoms with van der Waals surface area (Å²) in [5, 5.41) is 6.05. The Labute approximate surface area is 271 Å². The molecule has 1 amide bonds. The largest absolute Gasteiger partial charge is 0.473 e. The minimum absolute atomic E-state index is 0.0107. The molecule has 1 N–H and O–H groups in total. The molecule has 7 nitrogen and oxygen atoms in total. The zero-order valence-electron chi connectivity index (χ0n) is 26.0. The number of nitrogens with one attached hydrogen (secondary N) is 1. The molecule has 4 aromatic rings. The zero-order valence-corrected chi connectivity index (χ0v) is 26.0. The normalized spacial score (nSPS) is 16.7. The Kier molecular flexibility index (Phi) is 10.2. The molecule has 0 unspecified atom stereocenters. The van der Waals surface area contributed by atoms with Gasteiger partial charge in [0.05, 0.1) is 22.9 Å². The van der Waals surface area contributed by atoms with E-state index < -0.39 is 30.3 Å². The molecule has 254 valence electrons. The molecule has 1 saturated heterocycles. The van der Waals surface area contributed by atoms with E-state index in [2.05, 4.69) is 20.1 Å². The maximum absolute atomic E-state index is 14.5. The maximum atomic E-state index is 14.5. The van der Waals surface area contributed by atoms with Gasteiger partial charge in [-0.3, -0.25) is 14.8 Å². The predicted molar refractivity (Wildman–Crippen MR) is 166 cm³/mol. The highest BCUT2D eigenvalue weighted by Gasteiger charge is 2.34. The Balaban J connectivity index is 1.50. The summed E-state index contributed by atoms with van der Waals surface area (Å²) in [7, 11) is 3.33. The molecular formula is C34H32F7N5O2. The molecule has 0 saturated carbocycles. The summed E-state index contributed by atoms with van der Waals surface area (Å²) in [6, 6.07) is 10.7. The second-order valence-electron chi connectivity index (χ2n) is 11.7. The van der Waals surface area contributed by atoms with Gasteiger partial charge in [0.25, 0.3) is 0 Å². The van der Waals surface area contributed by atoms with Crippen LogP contribution in [0.2, 0.25) is 0 Å². The van der Waals surface area contributed by atoms with Crippen LogP contribution in [0.25, 0.3) is 22.0 Å². The van der Waals surface area contributed by atoms with Gasteiger partial charge in [0.2, 0.25) is 17.7 Å². The van der Waals surface area contributed by atoms with Gasteiger partial charge < -0.3 is 9.64 Å². The first-order chi connectivity index (χ1) is 22.7. The third-order valence-electron chi connectivity index (χ3n) is 7.88. The molecule has 14 heteroatoms. The van der Waals surface area contributed by atoms with Crippen LogP contribution in [-0.4, -0.2) is 76.9 Å². The number of pyridine rings is 1. The Bertz CT molecular complexity index is 1790. The summed E-state index contributed by atoms with van der Waals surface area (Å²) < 4.78 is 103. The summed E-state index contributed by atoms with van der Waals surface area (Å²) in [4.78, 5) is 19.8. The first-order valence-electron chi connectivity index (χ1n) is 15.0. The maximum Gasteiger partial charge on any atom is 0.416 e. The van der Waals surface area contributed by atoms with Gasteiger partial charge in [-0.15, -0.1) is 5.10 Å². The van der Waals surface area contributed by atoms with E-state index in [0.29, 0.717) is 18.6 Å². The van der Waals surface area contributed by atoms with Crippen molar-refractivity contribution in [2.24, 2.45) is 0 Å². The number of carbonyl (C=O) groups is 1. The Morgan fingerprint density at radius 3 is 2.38 bits per heavy atom. The van der Waals surface area contributed by atoms with Gasteiger partial charge in [-0.2, -0.15) is 30.7 Å². The summed E-state index contributed by atoms with van der Waals surface area (Å²) in [6.45, 7) is 1.93. The number of rotatable bonds is 9. The Hall–Kier alpha value is -4.72. The van der Waals surface area contributed by atoms with Crippen molar-refractivity contribution in [1.82, 2.24) is 25.0 Å². The van der Waals surface area contributed by atoms with Crippen molar-refractivity contribution in [2.45, 2.75) is 37.7 Å². The molecule has 48 heavy (non-hydrogen) atoms. The highest BCUT2D eigenvalue weighted by Crippen LogP contribution is 2.41. The van der Waals surface area contributed by atoms with Crippen LogP contribution in [0.1, 0.15) is 41.5 Å². The van der Waals surface area contributed by atoms with Crippen LogP contribution < -0.4 is 4.74 Å². The summed E-state index contributed by atoms with van der Waals surface area (Å²) in [5.74, 6) is -0.753. The van der Waals surface area contributed by atoms with Crippen LogP contribution in [0.3, 0.4) is 0 Å². The number of nitrogens with zero attached hydrogens (tertiary/aromatic N) is 4. The first kappa shape index (κ1) is 34.6. The van der Waals surface area contributed by atoms with E-state index in [4.69, 9.17) is 4.74 Å². The number of allylic oxidation sites excluding steroid dienone is 1. The van der Waals surface area contributed by atoms with Crippen LogP contribution in [0.4, 0.5) is 30.7 Å². The van der Waals surface area contributed by atoms with Crippen molar-refractivity contribution in [1.29, 1.82) is 0 Å². The lowest BCUT2D eigenvalue weighted by molar-refractivity contribution is -0.137. The molecule has 2 aromatic carbocycles. The van der Waals surface area contributed by atoms with Crippen molar-refractivity contribution in [3.8, 4) is 5.88 Å². The third kappa shape index (κ3) is 8.59. The van der Waals surface area contributed by atoms with E-state index in [1.54, 1.807) is 20.2 Å². The number of aromatic nitrogens is 3. The van der Waals surface area contributed by atoms with Crippen molar-refractivity contribution in [3.63, 3.8) is 0 Å². The van der Waals surface area contributed by atoms with Gasteiger partial charge in [-0.25, -0.2) is 4.98 Å². The molecule has 1 aliphatic rings. The van der Waals surface area contributed by atoms with Crippen LogP contribution in [0.15, 0.2) is 72.9 Å². The zero-order chi connectivity index (χ0) is 34.6.